The number of aromatic amines is 1. The lowest BCUT2D eigenvalue weighted by atomic mass is 9.89. The molecule has 1 fully saturated rings. The van der Waals surface area contributed by atoms with Crippen molar-refractivity contribution in [2.45, 2.75) is 64.1 Å². The van der Waals surface area contributed by atoms with E-state index in [1.54, 1.807) is 39.0 Å². The van der Waals surface area contributed by atoms with Gasteiger partial charge in [0.25, 0.3) is 11.8 Å². The van der Waals surface area contributed by atoms with Crippen molar-refractivity contribution in [1.82, 2.24) is 26.3 Å². The molecule has 0 aliphatic carbocycles. The summed E-state index contributed by atoms with van der Waals surface area (Å²) in [5.74, 6) is -2.72. The minimum atomic E-state index is -1.28. The van der Waals surface area contributed by atoms with E-state index in [1.165, 1.54) is 14.2 Å². The fourth-order valence-corrected chi connectivity index (χ4v) is 5.29. The number of carbonyl (C=O) groups excluding carboxylic acids is 5. The molecule has 2 aromatic carbocycles. The maximum absolute atomic E-state index is 13.9. The fraction of sp³-hybridized carbons (Fsp3) is 0.424. The molecule has 3 atom stereocenters. The lowest BCUT2D eigenvalue weighted by Gasteiger charge is -2.28. The van der Waals surface area contributed by atoms with E-state index in [0.717, 1.165) is 5.56 Å². The summed E-state index contributed by atoms with van der Waals surface area (Å²) in [7, 11) is 3.03. The van der Waals surface area contributed by atoms with Gasteiger partial charge in [-0.2, -0.15) is 0 Å². The number of ketones is 1. The summed E-state index contributed by atoms with van der Waals surface area (Å²) in [5.41, 5.74) is 0.848. The van der Waals surface area contributed by atoms with Crippen molar-refractivity contribution in [3.63, 3.8) is 0 Å². The predicted octanol–water partition coefficient (Wildman–Crippen LogP) is 2.41. The molecule has 45 heavy (non-hydrogen) atoms. The molecule has 0 spiro atoms. The highest BCUT2D eigenvalue weighted by atomic mass is 16.5. The second-order valence-electron chi connectivity index (χ2n) is 12.2. The fourth-order valence-electron chi connectivity index (χ4n) is 5.29. The number of aromatic nitrogens is 1. The van der Waals surface area contributed by atoms with Crippen LogP contribution in [0.5, 0.6) is 11.5 Å². The summed E-state index contributed by atoms with van der Waals surface area (Å²) in [6.45, 7) is 5.74. The van der Waals surface area contributed by atoms with Crippen LogP contribution in [0, 0.1) is 5.92 Å². The minimum absolute atomic E-state index is 0.0520. The van der Waals surface area contributed by atoms with Crippen LogP contribution < -0.4 is 30.7 Å². The number of nitrogens with one attached hydrogen (secondary N) is 5. The van der Waals surface area contributed by atoms with Crippen LogP contribution in [-0.2, 0) is 25.6 Å². The summed E-state index contributed by atoms with van der Waals surface area (Å²) in [5, 5.41) is 11.6. The average Bonchev–Trinajstić information content (AvgIpc) is 3.44. The predicted molar refractivity (Wildman–Crippen MR) is 168 cm³/mol. The van der Waals surface area contributed by atoms with Crippen molar-refractivity contribution in [3.8, 4) is 11.5 Å². The standard InChI is InChI=1S/C33H41N5O7/c1-33(2,3)38-32(43)28(39)24(15-20-12-9-13-34-29(20)40)36-30(41)25(14-19-10-7-6-8-11-19)37-31(42)26-18-22-23(35-26)16-21(44-4)17-27(22)45-5/h6-8,10-11,16-18,20,24-25,35H,9,12-15H2,1-5H3,(H,34,40)(H,36,41)(H,37,42)(H,38,43)/t20-,24-,25-/m0/s1. The third-order valence-electron chi connectivity index (χ3n) is 7.54. The molecule has 4 amide bonds. The minimum Gasteiger partial charge on any atom is -0.497 e. The molecule has 2 heterocycles. The van der Waals surface area contributed by atoms with Crippen LogP contribution in [0.4, 0.5) is 0 Å². The molecule has 1 aliphatic rings. The Morgan fingerprint density at radius 3 is 2.36 bits per heavy atom. The number of fused-ring (bicyclic) bond motifs is 1. The van der Waals surface area contributed by atoms with E-state index >= 15 is 0 Å². The molecule has 1 aromatic heterocycles. The zero-order valence-corrected chi connectivity index (χ0v) is 26.2. The molecule has 1 aliphatic heterocycles. The third kappa shape index (κ3) is 8.62. The number of Topliss-reactive ketones (excluding diaryl/α,β-unsaturated/α-hetero) is 1. The molecular weight excluding hydrogens is 578 g/mol. The van der Waals surface area contributed by atoms with Crippen LogP contribution in [-0.4, -0.2) is 72.8 Å². The largest absolute Gasteiger partial charge is 0.497 e. The van der Waals surface area contributed by atoms with Crippen molar-refractivity contribution in [2.24, 2.45) is 5.92 Å². The van der Waals surface area contributed by atoms with Crippen LogP contribution in [0.15, 0.2) is 48.5 Å². The van der Waals surface area contributed by atoms with Gasteiger partial charge < -0.3 is 35.7 Å². The zero-order valence-electron chi connectivity index (χ0n) is 26.2. The van der Waals surface area contributed by atoms with E-state index in [-0.39, 0.29) is 24.4 Å². The second kappa shape index (κ2) is 14.3. The van der Waals surface area contributed by atoms with Gasteiger partial charge in [-0.05, 0) is 51.7 Å². The number of hydrogen-bond donors (Lipinski definition) is 5. The molecule has 0 saturated carbocycles. The van der Waals surface area contributed by atoms with Crippen molar-refractivity contribution in [1.29, 1.82) is 0 Å². The van der Waals surface area contributed by atoms with Gasteiger partial charge in [-0.3, -0.25) is 24.0 Å². The number of methoxy groups -OCH3 is 2. The molecule has 0 unspecified atom stereocenters. The summed E-state index contributed by atoms with van der Waals surface area (Å²) < 4.78 is 10.8. The first-order valence-corrected chi connectivity index (χ1v) is 14.9. The van der Waals surface area contributed by atoms with Crippen molar-refractivity contribution >= 4 is 40.3 Å². The highest BCUT2D eigenvalue weighted by molar-refractivity contribution is 6.38. The quantitative estimate of drug-likeness (QED) is 0.194. The Kier molecular flexibility index (Phi) is 10.5. The molecule has 1 saturated heterocycles. The van der Waals surface area contributed by atoms with Gasteiger partial charge in [0.15, 0.2) is 0 Å². The average molecular weight is 620 g/mol. The monoisotopic (exact) mass is 619 g/mol. The number of benzene rings is 2. The normalized spacial score (nSPS) is 16.2. The molecule has 12 heteroatoms. The van der Waals surface area contributed by atoms with Crippen molar-refractivity contribution in [2.75, 3.05) is 20.8 Å². The Morgan fingerprint density at radius 2 is 1.71 bits per heavy atom. The van der Waals surface area contributed by atoms with Gasteiger partial charge in [0, 0.05) is 41.9 Å². The first-order valence-electron chi connectivity index (χ1n) is 14.9. The molecule has 0 radical (unpaired) electrons. The Bertz CT molecular complexity index is 1560. The highest BCUT2D eigenvalue weighted by Gasteiger charge is 2.36. The van der Waals surface area contributed by atoms with E-state index in [0.29, 0.717) is 41.8 Å². The summed E-state index contributed by atoms with van der Waals surface area (Å²) >= 11 is 0. The van der Waals surface area contributed by atoms with Crippen molar-refractivity contribution in [3.05, 3.63) is 59.8 Å². The Hall–Kier alpha value is -4.87. The Labute approximate surface area is 262 Å². The third-order valence-corrected chi connectivity index (χ3v) is 7.54. The van der Waals surface area contributed by atoms with Gasteiger partial charge in [0.05, 0.1) is 25.8 Å². The summed E-state index contributed by atoms with van der Waals surface area (Å²) in [6, 6.07) is 11.7. The van der Waals surface area contributed by atoms with Crippen molar-refractivity contribution < 1.29 is 33.4 Å². The SMILES string of the molecule is COc1cc(OC)c2cc(C(=O)N[C@@H](Cc3ccccc3)C(=O)N[C@@H](C[C@@H]3CCCNC3=O)C(=O)C(=O)NC(C)(C)C)[nH]c2c1. The number of hydrogen-bond acceptors (Lipinski definition) is 7. The maximum atomic E-state index is 13.9. The number of piperidine rings is 1. The number of rotatable bonds is 12. The summed E-state index contributed by atoms with van der Waals surface area (Å²) in [4.78, 5) is 69.3. The zero-order chi connectivity index (χ0) is 32.7. The maximum Gasteiger partial charge on any atom is 0.290 e. The number of carbonyl (C=O) groups is 5. The first kappa shape index (κ1) is 33.0. The van der Waals surface area contributed by atoms with Crippen LogP contribution in [0.3, 0.4) is 0 Å². The topological polar surface area (TPSA) is 168 Å². The molecule has 4 rings (SSSR count). The van der Waals surface area contributed by atoms with Crippen LogP contribution in [0.25, 0.3) is 10.9 Å². The summed E-state index contributed by atoms with van der Waals surface area (Å²) in [6.07, 6.45) is 1.29. The van der Waals surface area contributed by atoms with Gasteiger partial charge in [-0.1, -0.05) is 30.3 Å². The lowest BCUT2D eigenvalue weighted by molar-refractivity contribution is -0.142. The van der Waals surface area contributed by atoms with E-state index in [1.807, 2.05) is 30.3 Å². The molecule has 3 aromatic rings. The molecular formula is C33H41N5O7. The number of H-pyrrole nitrogens is 1. The van der Waals surface area contributed by atoms with E-state index in [4.69, 9.17) is 9.47 Å². The van der Waals surface area contributed by atoms with Gasteiger partial charge in [-0.25, -0.2) is 0 Å². The second-order valence-corrected chi connectivity index (χ2v) is 12.2. The van der Waals surface area contributed by atoms with Crippen LogP contribution in [0.1, 0.15) is 56.1 Å². The van der Waals surface area contributed by atoms with Gasteiger partial charge in [0.1, 0.15) is 23.2 Å². The smallest absolute Gasteiger partial charge is 0.290 e. The van der Waals surface area contributed by atoms with Gasteiger partial charge in [0.2, 0.25) is 17.6 Å². The first-order chi connectivity index (χ1) is 21.4. The molecule has 0 bridgehead atoms. The lowest BCUT2D eigenvalue weighted by Crippen LogP contribution is -2.57. The molecule has 5 N–H and O–H groups in total. The van der Waals surface area contributed by atoms with E-state index in [2.05, 4.69) is 26.3 Å². The van der Waals surface area contributed by atoms with Gasteiger partial charge >= 0.3 is 0 Å². The van der Waals surface area contributed by atoms with Crippen LogP contribution in [0.2, 0.25) is 0 Å². The van der Waals surface area contributed by atoms with Crippen LogP contribution >= 0.6 is 0 Å². The molecule has 240 valence electrons. The number of amides is 4. The Morgan fingerprint density at radius 1 is 0.978 bits per heavy atom. The van der Waals surface area contributed by atoms with E-state index in [9.17, 15) is 24.0 Å². The van der Waals surface area contributed by atoms with E-state index < -0.39 is 47.0 Å². The Balaban J connectivity index is 1.61. The van der Waals surface area contributed by atoms with Gasteiger partial charge in [-0.15, -0.1) is 0 Å². The number of ether oxygens (including phenoxy) is 2. The highest BCUT2D eigenvalue weighted by Crippen LogP contribution is 2.31. The molecule has 12 nitrogen and oxygen atoms in total.